The van der Waals surface area contributed by atoms with Crippen molar-refractivity contribution < 1.29 is 24.2 Å². The van der Waals surface area contributed by atoms with E-state index in [2.05, 4.69) is 233 Å². The quantitative estimate of drug-likeness (QED) is 0.0373. The Morgan fingerprint density at radius 1 is 0.274 bits per heavy atom. The predicted molar refractivity (Wildman–Crippen MR) is 370 cm³/mol. The van der Waals surface area contributed by atoms with Crippen LogP contribution in [0, 0.1) is 0 Å². The molecule has 0 aliphatic rings. The van der Waals surface area contributed by atoms with Crippen molar-refractivity contribution in [1.29, 1.82) is 0 Å². The third-order valence-electron chi connectivity index (χ3n) is 13.3. The molecule has 0 amide bonds. The van der Waals surface area contributed by atoms with Gasteiger partial charge in [-0.25, -0.2) is 0 Å². The Bertz CT molecular complexity index is 2030. The molecule has 1 atom stereocenters. The fourth-order valence-corrected chi connectivity index (χ4v) is 8.36. The Kier molecular flexibility index (Phi) is 66.6. The number of carbonyl (C=O) groups is 2. The van der Waals surface area contributed by atoms with Crippen LogP contribution >= 0.6 is 0 Å². The third-order valence-corrected chi connectivity index (χ3v) is 13.3. The lowest BCUT2D eigenvalue weighted by Crippen LogP contribution is -2.28. The molecule has 0 aliphatic heterocycles. The van der Waals surface area contributed by atoms with E-state index in [0.29, 0.717) is 12.8 Å². The molecule has 84 heavy (non-hydrogen) atoms. The van der Waals surface area contributed by atoms with Crippen LogP contribution in [0.2, 0.25) is 0 Å². The summed E-state index contributed by atoms with van der Waals surface area (Å²) in [5.74, 6) is -0.633. The molecule has 0 heterocycles. The zero-order chi connectivity index (χ0) is 60.5. The Morgan fingerprint density at radius 3 is 0.714 bits per heavy atom. The molecule has 0 spiro atoms. The van der Waals surface area contributed by atoms with Crippen molar-refractivity contribution >= 4 is 11.9 Å². The van der Waals surface area contributed by atoms with Crippen LogP contribution in [-0.4, -0.2) is 36.4 Å². The van der Waals surface area contributed by atoms with Gasteiger partial charge < -0.3 is 14.6 Å². The number of hydrogen-bond acceptors (Lipinski definition) is 5. The molecule has 0 saturated heterocycles. The molecule has 5 heteroatoms. The summed E-state index contributed by atoms with van der Waals surface area (Å²) in [5, 5.41) is 9.69. The van der Waals surface area contributed by atoms with Crippen LogP contribution in [0.3, 0.4) is 0 Å². The molecule has 0 fully saturated rings. The van der Waals surface area contributed by atoms with Crippen LogP contribution in [-0.2, 0) is 19.1 Å². The van der Waals surface area contributed by atoms with E-state index in [9.17, 15) is 14.7 Å². The van der Waals surface area contributed by atoms with Crippen LogP contribution in [0.4, 0.5) is 0 Å². The predicted octanol–water partition coefficient (Wildman–Crippen LogP) is 23.5. The molecule has 0 radical (unpaired) electrons. The molecule has 1 unspecified atom stereocenters. The average molecular weight is 1150 g/mol. The topological polar surface area (TPSA) is 72.8 Å². The second kappa shape index (κ2) is 71.5. The highest BCUT2D eigenvalue weighted by molar-refractivity contribution is 5.70. The summed E-state index contributed by atoms with van der Waals surface area (Å²) in [6.07, 6.45) is 116. The number of aliphatic hydroxyl groups excluding tert-OH is 1. The van der Waals surface area contributed by atoms with E-state index in [4.69, 9.17) is 9.47 Å². The molecule has 0 saturated carbocycles. The molecule has 5 nitrogen and oxygen atoms in total. The molecule has 0 bridgehead atoms. The maximum atomic E-state index is 12.4. The zero-order valence-corrected chi connectivity index (χ0v) is 53.3. The minimum atomic E-state index is -0.803. The van der Waals surface area contributed by atoms with Gasteiger partial charge >= 0.3 is 11.9 Å². The van der Waals surface area contributed by atoms with Crippen LogP contribution in [0.25, 0.3) is 0 Å². The summed E-state index contributed by atoms with van der Waals surface area (Å²) < 4.78 is 10.7. The van der Waals surface area contributed by atoms with E-state index in [1.807, 2.05) is 0 Å². The first-order valence-corrected chi connectivity index (χ1v) is 33.3. The Labute approximate surface area is 516 Å². The van der Waals surface area contributed by atoms with Gasteiger partial charge in [-0.15, -0.1) is 0 Å². The average Bonchev–Trinajstić information content (AvgIpc) is 3.51. The minimum absolute atomic E-state index is 0.0914. The van der Waals surface area contributed by atoms with Gasteiger partial charge in [0.15, 0.2) is 6.10 Å². The van der Waals surface area contributed by atoms with E-state index in [1.54, 1.807) is 0 Å². The molecule has 0 aromatic rings. The summed E-state index contributed by atoms with van der Waals surface area (Å²) in [4.78, 5) is 24.6. The maximum Gasteiger partial charge on any atom is 0.306 e. The Hall–Kier alpha value is -5.78. The monoisotopic (exact) mass is 1150 g/mol. The molecule has 0 aromatic heterocycles. The lowest BCUT2D eigenvalue weighted by Gasteiger charge is -2.15. The number of hydrogen-bond donors (Lipinski definition) is 1. The highest BCUT2D eigenvalue weighted by Crippen LogP contribution is 2.13. The van der Waals surface area contributed by atoms with E-state index in [0.717, 1.165) is 173 Å². The van der Waals surface area contributed by atoms with Gasteiger partial charge in [0.1, 0.15) is 6.61 Å². The van der Waals surface area contributed by atoms with Crippen LogP contribution in [0.15, 0.2) is 219 Å². The van der Waals surface area contributed by atoms with Gasteiger partial charge in [-0.05, 0) is 154 Å². The first-order valence-electron chi connectivity index (χ1n) is 33.3. The number of allylic oxidation sites excluding steroid dienone is 36. The lowest BCUT2D eigenvalue weighted by atomic mass is 10.1. The van der Waals surface area contributed by atoms with Gasteiger partial charge in [0.2, 0.25) is 0 Å². The third kappa shape index (κ3) is 68.7. The largest absolute Gasteiger partial charge is 0.462 e. The number of carbonyl (C=O) groups excluding carboxylic acids is 2. The van der Waals surface area contributed by atoms with Crippen molar-refractivity contribution in [2.45, 2.75) is 251 Å². The Balaban J connectivity index is 3.66. The minimum Gasteiger partial charge on any atom is -0.462 e. The SMILES string of the molecule is CC/C=C\C/C=C\C/C=C\C/C=C\C/C=C\C/C=C\C/C=C\C/C=C\C/C=C\C/C=C\CCCCCCCCC(=O)OC(CO)COC(=O)CCCCCCCCCC/C=C\C/C=C\C/C=C\C/C=C\C/C=C\C/C=C\C/C=C\C/C=C\CC. The van der Waals surface area contributed by atoms with Gasteiger partial charge in [0.05, 0.1) is 6.61 Å². The van der Waals surface area contributed by atoms with E-state index < -0.39 is 6.10 Å². The van der Waals surface area contributed by atoms with Crippen LogP contribution in [0.5, 0.6) is 0 Å². The number of rotatable bonds is 58. The van der Waals surface area contributed by atoms with Crippen molar-refractivity contribution in [3.05, 3.63) is 219 Å². The molecule has 0 aromatic carbocycles. The van der Waals surface area contributed by atoms with Crippen molar-refractivity contribution in [3.63, 3.8) is 0 Å². The smallest absolute Gasteiger partial charge is 0.306 e. The molecule has 0 aliphatic carbocycles. The fraction of sp³-hybridized carbons (Fsp3) is 0.519. The number of aliphatic hydroxyl groups is 1. The Morgan fingerprint density at radius 2 is 0.476 bits per heavy atom. The van der Waals surface area contributed by atoms with Crippen LogP contribution < -0.4 is 0 Å². The van der Waals surface area contributed by atoms with Crippen LogP contribution in [0.1, 0.15) is 245 Å². The fourth-order valence-electron chi connectivity index (χ4n) is 8.36. The van der Waals surface area contributed by atoms with Gasteiger partial charge in [-0.2, -0.15) is 0 Å². The van der Waals surface area contributed by atoms with Crippen molar-refractivity contribution in [2.75, 3.05) is 13.2 Å². The normalized spacial score (nSPS) is 13.7. The summed E-state index contributed by atoms with van der Waals surface area (Å²) in [6.45, 7) is 3.88. The molecule has 466 valence electrons. The lowest BCUT2D eigenvalue weighted by molar-refractivity contribution is -0.161. The van der Waals surface area contributed by atoms with E-state index in [1.165, 1.54) is 44.9 Å². The summed E-state index contributed by atoms with van der Waals surface area (Å²) in [7, 11) is 0. The van der Waals surface area contributed by atoms with Crippen molar-refractivity contribution in [1.82, 2.24) is 0 Å². The van der Waals surface area contributed by atoms with Gasteiger partial charge in [-0.1, -0.05) is 297 Å². The highest BCUT2D eigenvalue weighted by atomic mass is 16.6. The second-order valence-corrected chi connectivity index (χ2v) is 21.1. The highest BCUT2D eigenvalue weighted by Gasteiger charge is 2.16. The number of esters is 2. The first-order chi connectivity index (χ1) is 41.6. The molecule has 1 N–H and O–H groups in total. The van der Waals surface area contributed by atoms with Crippen molar-refractivity contribution in [2.24, 2.45) is 0 Å². The summed E-state index contributed by atoms with van der Waals surface area (Å²) in [6, 6.07) is 0. The first kappa shape index (κ1) is 78.2. The summed E-state index contributed by atoms with van der Waals surface area (Å²) in [5.41, 5.74) is 0. The number of unbranched alkanes of at least 4 members (excludes halogenated alkanes) is 14. The van der Waals surface area contributed by atoms with E-state index >= 15 is 0 Å². The molecular weight excluding hydrogens is 1030 g/mol. The molecule has 0 rings (SSSR count). The summed E-state index contributed by atoms with van der Waals surface area (Å²) >= 11 is 0. The van der Waals surface area contributed by atoms with Gasteiger partial charge in [-0.3, -0.25) is 9.59 Å². The van der Waals surface area contributed by atoms with E-state index in [-0.39, 0.29) is 25.2 Å². The molecular formula is C79H120O5. The zero-order valence-electron chi connectivity index (χ0n) is 53.3. The van der Waals surface area contributed by atoms with Gasteiger partial charge in [0, 0.05) is 12.8 Å². The van der Waals surface area contributed by atoms with Gasteiger partial charge in [0.25, 0.3) is 0 Å². The second-order valence-electron chi connectivity index (χ2n) is 21.1. The van der Waals surface area contributed by atoms with Crippen molar-refractivity contribution in [3.8, 4) is 0 Å². The number of ether oxygens (including phenoxy) is 2. The maximum absolute atomic E-state index is 12.4. The standard InChI is InChI=1S/C79H120O5/c1-3-5-7-9-11-13-15-17-19-21-23-25-27-29-31-33-35-37-38-39-40-42-44-46-48-50-52-54-56-58-60-62-64-66-68-70-72-74-79(82)84-77(75-80)76-83-78(81)73-71-69-67-65-63-61-59-57-55-53-51-49-47-45-43-41-36-34-32-30-28-26-24-22-20-18-16-14-12-10-8-6-4-2/h5-8,11-14,17-20,23-26,29-32,35-37,39-41,44-47,50-53,56,58,77,80H,3-4,9-10,15-16,21-22,27-28,33-34,38,42-43,48-49,54-55,57,59-76H2,1-2H3/b7-5-,8-6-,13-11-,14-12-,19-17-,20-18-,25-23-,26-24-,31-29-,32-30-,37-35-,40-39-,41-36-,46-44-,47-45-,52-50-,53-51-,58-56-.